The van der Waals surface area contributed by atoms with Crippen LogP contribution in [0.3, 0.4) is 0 Å². The van der Waals surface area contributed by atoms with Gasteiger partial charge in [-0.15, -0.1) is 24.8 Å². The molecule has 27 heavy (non-hydrogen) atoms. The summed E-state index contributed by atoms with van der Waals surface area (Å²) in [7, 11) is 0. The fourth-order valence-corrected chi connectivity index (χ4v) is 3.08. The molecule has 0 radical (unpaired) electrons. The normalized spacial score (nSPS) is 12.9. The molecule has 1 fully saturated rings. The SMILES string of the molecule is Cl.Cl.NCCN(CCc1ccccc1)C(=O)c1ccnc(N2CCCC2)n1. The van der Waals surface area contributed by atoms with Gasteiger partial charge in [0.2, 0.25) is 5.95 Å². The van der Waals surface area contributed by atoms with Gasteiger partial charge in [0.1, 0.15) is 5.69 Å². The van der Waals surface area contributed by atoms with Crippen LogP contribution < -0.4 is 10.6 Å². The number of carbonyl (C=O) groups excluding carboxylic acids is 1. The molecular formula is C19H27Cl2N5O. The van der Waals surface area contributed by atoms with E-state index in [1.54, 1.807) is 17.2 Å². The predicted molar refractivity (Wildman–Crippen MR) is 113 cm³/mol. The van der Waals surface area contributed by atoms with Crippen LogP contribution in [0.1, 0.15) is 28.9 Å². The molecule has 6 nitrogen and oxygen atoms in total. The Morgan fingerprint density at radius 1 is 1.07 bits per heavy atom. The molecule has 148 valence electrons. The highest BCUT2D eigenvalue weighted by atomic mass is 35.5. The number of nitrogens with zero attached hydrogens (tertiary/aromatic N) is 4. The zero-order valence-corrected chi connectivity index (χ0v) is 16.9. The summed E-state index contributed by atoms with van der Waals surface area (Å²) in [5.74, 6) is 0.573. The van der Waals surface area contributed by atoms with Crippen LogP contribution in [0.4, 0.5) is 5.95 Å². The third kappa shape index (κ3) is 6.34. The quantitative estimate of drug-likeness (QED) is 0.757. The van der Waals surface area contributed by atoms with Crippen LogP contribution in [-0.4, -0.2) is 53.5 Å². The first-order chi connectivity index (χ1) is 12.3. The number of anilines is 1. The number of hydrogen-bond donors (Lipinski definition) is 1. The Bertz CT molecular complexity index is 696. The molecule has 2 aromatic rings. The molecule has 0 aliphatic carbocycles. The van der Waals surface area contributed by atoms with Crippen molar-refractivity contribution in [2.24, 2.45) is 5.73 Å². The van der Waals surface area contributed by atoms with Crippen molar-refractivity contribution in [2.75, 3.05) is 37.6 Å². The van der Waals surface area contributed by atoms with E-state index in [4.69, 9.17) is 5.73 Å². The fraction of sp³-hybridized carbons (Fsp3) is 0.421. The van der Waals surface area contributed by atoms with Gasteiger partial charge in [-0.2, -0.15) is 0 Å². The van der Waals surface area contributed by atoms with E-state index in [1.807, 2.05) is 18.2 Å². The molecule has 0 atom stereocenters. The van der Waals surface area contributed by atoms with Crippen molar-refractivity contribution in [3.05, 3.63) is 53.9 Å². The molecule has 1 aromatic heterocycles. The molecule has 0 bridgehead atoms. The summed E-state index contributed by atoms with van der Waals surface area (Å²) in [6, 6.07) is 11.8. The third-order valence-corrected chi connectivity index (χ3v) is 4.45. The topological polar surface area (TPSA) is 75.3 Å². The van der Waals surface area contributed by atoms with Crippen molar-refractivity contribution < 1.29 is 4.79 Å². The highest BCUT2D eigenvalue weighted by molar-refractivity contribution is 5.92. The van der Waals surface area contributed by atoms with Crippen LogP contribution in [0.25, 0.3) is 0 Å². The molecule has 3 rings (SSSR count). The molecule has 8 heteroatoms. The smallest absolute Gasteiger partial charge is 0.272 e. The van der Waals surface area contributed by atoms with Crippen molar-refractivity contribution in [3.8, 4) is 0 Å². The molecule has 1 saturated heterocycles. The van der Waals surface area contributed by atoms with Gasteiger partial charge in [-0.3, -0.25) is 4.79 Å². The van der Waals surface area contributed by atoms with Gasteiger partial charge >= 0.3 is 0 Å². The second-order valence-corrected chi connectivity index (χ2v) is 6.25. The molecular weight excluding hydrogens is 385 g/mol. The Morgan fingerprint density at radius 2 is 1.78 bits per heavy atom. The van der Waals surface area contributed by atoms with Gasteiger partial charge in [-0.1, -0.05) is 30.3 Å². The van der Waals surface area contributed by atoms with Gasteiger partial charge in [0.25, 0.3) is 5.91 Å². The highest BCUT2D eigenvalue weighted by Crippen LogP contribution is 2.16. The van der Waals surface area contributed by atoms with Crippen LogP contribution in [0.5, 0.6) is 0 Å². The van der Waals surface area contributed by atoms with Gasteiger partial charge in [-0.25, -0.2) is 9.97 Å². The average Bonchev–Trinajstić information content (AvgIpc) is 3.20. The van der Waals surface area contributed by atoms with Gasteiger partial charge < -0.3 is 15.5 Å². The summed E-state index contributed by atoms with van der Waals surface area (Å²) < 4.78 is 0. The second kappa shape index (κ2) is 11.7. The largest absolute Gasteiger partial charge is 0.341 e. The number of carbonyl (C=O) groups is 1. The molecule has 1 aliphatic rings. The molecule has 1 aliphatic heterocycles. The average molecular weight is 412 g/mol. The third-order valence-electron chi connectivity index (χ3n) is 4.45. The van der Waals surface area contributed by atoms with E-state index in [-0.39, 0.29) is 30.7 Å². The predicted octanol–water partition coefficient (Wildman–Crippen LogP) is 2.56. The van der Waals surface area contributed by atoms with Crippen LogP contribution >= 0.6 is 24.8 Å². The van der Waals surface area contributed by atoms with E-state index in [1.165, 1.54) is 5.56 Å². The van der Waals surface area contributed by atoms with Crippen LogP contribution in [-0.2, 0) is 6.42 Å². The van der Waals surface area contributed by atoms with E-state index in [9.17, 15) is 4.79 Å². The first-order valence-corrected chi connectivity index (χ1v) is 8.89. The Kier molecular flexibility index (Phi) is 10.1. The summed E-state index contributed by atoms with van der Waals surface area (Å²) in [5.41, 5.74) is 7.36. The van der Waals surface area contributed by atoms with E-state index >= 15 is 0 Å². The maximum atomic E-state index is 12.9. The zero-order valence-electron chi connectivity index (χ0n) is 15.3. The van der Waals surface area contributed by atoms with Gasteiger partial charge in [0.15, 0.2) is 0 Å². The van der Waals surface area contributed by atoms with Gasteiger partial charge in [0.05, 0.1) is 0 Å². The monoisotopic (exact) mass is 411 g/mol. The maximum absolute atomic E-state index is 12.9. The highest BCUT2D eigenvalue weighted by Gasteiger charge is 2.20. The lowest BCUT2D eigenvalue weighted by atomic mass is 10.1. The molecule has 1 aromatic carbocycles. The van der Waals surface area contributed by atoms with E-state index < -0.39 is 0 Å². The Labute approximate surface area is 173 Å². The minimum absolute atomic E-state index is 0. The van der Waals surface area contributed by atoms with Gasteiger partial charge in [-0.05, 0) is 30.9 Å². The number of benzene rings is 1. The molecule has 0 saturated carbocycles. The van der Waals surface area contributed by atoms with Gasteiger partial charge in [0, 0.05) is 38.9 Å². The van der Waals surface area contributed by atoms with Crippen LogP contribution in [0.15, 0.2) is 42.6 Å². The summed E-state index contributed by atoms with van der Waals surface area (Å²) in [6.45, 7) is 3.50. The standard InChI is InChI=1S/C19H25N5O.2ClH/c20-10-15-23(14-9-16-6-2-1-3-7-16)18(25)17-8-11-21-19(22-17)24-12-4-5-13-24;;/h1-3,6-8,11H,4-5,9-10,12-15,20H2;2*1H. The first kappa shape index (κ1) is 23.1. The fourth-order valence-electron chi connectivity index (χ4n) is 3.08. The molecule has 1 amide bonds. The van der Waals surface area contributed by atoms with E-state index in [0.717, 1.165) is 32.4 Å². The first-order valence-electron chi connectivity index (χ1n) is 8.89. The number of nitrogens with two attached hydrogens (primary N) is 1. The minimum atomic E-state index is -0.0794. The van der Waals surface area contributed by atoms with E-state index in [0.29, 0.717) is 31.3 Å². The van der Waals surface area contributed by atoms with E-state index in [2.05, 4.69) is 27.0 Å². The van der Waals surface area contributed by atoms with Crippen molar-refractivity contribution in [3.63, 3.8) is 0 Å². The Hall–Kier alpha value is -1.89. The lowest BCUT2D eigenvalue weighted by Gasteiger charge is -2.22. The summed E-state index contributed by atoms with van der Waals surface area (Å²) >= 11 is 0. The van der Waals surface area contributed by atoms with Crippen LogP contribution in [0.2, 0.25) is 0 Å². The molecule has 0 unspecified atom stereocenters. The summed E-state index contributed by atoms with van der Waals surface area (Å²) in [6.07, 6.45) is 4.78. The van der Waals surface area contributed by atoms with Crippen molar-refractivity contribution in [1.29, 1.82) is 0 Å². The molecule has 0 spiro atoms. The minimum Gasteiger partial charge on any atom is -0.341 e. The number of amides is 1. The molecule has 2 heterocycles. The number of halogens is 2. The Balaban J connectivity index is 0.00000182. The summed E-state index contributed by atoms with van der Waals surface area (Å²) in [4.78, 5) is 25.6. The lowest BCUT2D eigenvalue weighted by molar-refractivity contribution is 0.0756. The summed E-state index contributed by atoms with van der Waals surface area (Å²) in [5, 5.41) is 0. The zero-order chi connectivity index (χ0) is 17.5. The lowest BCUT2D eigenvalue weighted by Crippen LogP contribution is -2.37. The number of aromatic nitrogens is 2. The number of hydrogen-bond acceptors (Lipinski definition) is 5. The number of rotatable bonds is 7. The Morgan fingerprint density at radius 3 is 2.44 bits per heavy atom. The van der Waals surface area contributed by atoms with Crippen molar-refractivity contribution in [1.82, 2.24) is 14.9 Å². The van der Waals surface area contributed by atoms with Crippen LogP contribution in [0, 0.1) is 0 Å². The molecule has 2 N–H and O–H groups in total. The van der Waals surface area contributed by atoms with Crippen molar-refractivity contribution >= 4 is 36.7 Å². The second-order valence-electron chi connectivity index (χ2n) is 6.25. The van der Waals surface area contributed by atoms with Crippen molar-refractivity contribution in [2.45, 2.75) is 19.3 Å². The maximum Gasteiger partial charge on any atom is 0.272 e.